The van der Waals surface area contributed by atoms with Crippen LogP contribution in [0.5, 0.6) is 0 Å². The zero-order valence-electron chi connectivity index (χ0n) is 23.4. The van der Waals surface area contributed by atoms with E-state index in [1.165, 1.54) is 16.4 Å². The molecule has 1 unspecified atom stereocenters. The molecular formula is C29H35N7O4S. The average Bonchev–Trinajstić information content (AvgIpc) is 3.00. The summed E-state index contributed by atoms with van der Waals surface area (Å²) in [6, 6.07) is 11.2. The second kappa shape index (κ2) is 13.2. The van der Waals surface area contributed by atoms with Crippen LogP contribution < -0.4 is 15.4 Å². The van der Waals surface area contributed by atoms with Crippen molar-refractivity contribution in [2.45, 2.75) is 31.8 Å². The van der Waals surface area contributed by atoms with Crippen molar-refractivity contribution in [3.8, 4) is 5.69 Å². The molecule has 216 valence electrons. The smallest absolute Gasteiger partial charge is 0.310 e. The fourth-order valence-electron chi connectivity index (χ4n) is 5.26. The second-order valence-corrected chi connectivity index (χ2v) is 11.0. The van der Waals surface area contributed by atoms with Crippen molar-refractivity contribution in [3.05, 3.63) is 64.8 Å². The molecule has 0 N–H and O–H groups in total. The van der Waals surface area contributed by atoms with Gasteiger partial charge in [0.2, 0.25) is 5.91 Å². The lowest BCUT2D eigenvalue weighted by Gasteiger charge is -2.39. The van der Waals surface area contributed by atoms with Gasteiger partial charge in [-0.15, -0.1) is 0 Å². The highest BCUT2D eigenvalue weighted by atomic mass is 32.2. The Labute approximate surface area is 243 Å². The number of anilines is 2. The number of piperidine rings is 1. The summed E-state index contributed by atoms with van der Waals surface area (Å²) in [6.07, 6.45) is 4.94. The molecule has 0 aliphatic carbocycles. The maximum Gasteiger partial charge on any atom is 0.310 e. The summed E-state index contributed by atoms with van der Waals surface area (Å²) >= 11 is 1.34. The van der Waals surface area contributed by atoms with E-state index in [1.54, 1.807) is 19.3 Å². The zero-order valence-corrected chi connectivity index (χ0v) is 24.3. The van der Waals surface area contributed by atoms with E-state index in [4.69, 9.17) is 4.74 Å². The quantitative estimate of drug-likeness (QED) is 0.225. The maximum absolute atomic E-state index is 14.0. The second-order valence-electron chi connectivity index (χ2n) is 10.1. The molecule has 1 amide bonds. The lowest BCUT2D eigenvalue weighted by Crippen LogP contribution is -2.50. The molecule has 0 spiro atoms. The minimum absolute atomic E-state index is 0.0332. The van der Waals surface area contributed by atoms with Gasteiger partial charge in [0.1, 0.15) is 5.69 Å². The lowest BCUT2D eigenvalue weighted by molar-refractivity contribution is -0.148. The van der Waals surface area contributed by atoms with Gasteiger partial charge in [-0.3, -0.25) is 14.4 Å². The van der Waals surface area contributed by atoms with Crippen molar-refractivity contribution >= 4 is 35.0 Å². The normalized spacial score (nSPS) is 17.4. The number of thioether (sulfide) groups is 1. The molecule has 2 aliphatic rings. The van der Waals surface area contributed by atoms with Gasteiger partial charge in [-0.2, -0.15) is 9.78 Å². The summed E-state index contributed by atoms with van der Waals surface area (Å²) in [5, 5.41) is 5.13. The molecule has 3 aromatic rings. The number of esters is 1. The minimum Gasteiger partial charge on any atom is -0.466 e. The first-order chi connectivity index (χ1) is 19.9. The number of carbonyl (C=O) groups is 2. The number of benzene rings is 1. The van der Waals surface area contributed by atoms with Gasteiger partial charge in [0.25, 0.3) is 5.56 Å². The van der Waals surface area contributed by atoms with Gasteiger partial charge in [0, 0.05) is 51.2 Å². The zero-order chi connectivity index (χ0) is 28.8. The van der Waals surface area contributed by atoms with Crippen molar-refractivity contribution in [2.24, 2.45) is 5.92 Å². The van der Waals surface area contributed by atoms with Crippen LogP contribution in [-0.4, -0.2) is 88.2 Å². The number of rotatable bonds is 8. The Morgan fingerprint density at radius 3 is 2.56 bits per heavy atom. The SMILES string of the molecule is CCOC(=O)C1CCCN(c2c(N3CCN(C(=O)CSc4nccc(C)n4)CC3)cnn(-c3ccccc3)c2=O)C1. The van der Waals surface area contributed by atoms with E-state index in [0.717, 1.165) is 24.2 Å². The van der Waals surface area contributed by atoms with Gasteiger partial charge >= 0.3 is 5.97 Å². The van der Waals surface area contributed by atoms with Gasteiger partial charge in [0.15, 0.2) is 5.16 Å². The molecule has 2 aromatic heterocycles. The maximum atomic E-state index is 14.0. The molecule has 12 heteroatoms. The first kappa shape index (κ1) is 28.6. The molecule has 41 heavy (non-hydrogen) atoms. The van der Waals surface area contributed by atoms with Crippen molar-refractivity contribution in [1.29, 1.82) is 0 Å². The van der Waals surface area contributed by atoms with Crippen molar-refractivity contribution < 1.29 is 14.3 Å². The minimum atomic E-state index is -0.293. The lowest BCUT2D eigenvalue weighted by atomic mass is 9.97. The third-order valence-electron chi connectivity index (χ3n) is 7.36. The van der Waals surface area contributed by atoms with E-state index in [-0.39, 0.29) is 29.1 Å². The molecule has 1 aromatic carbocycles. The number of hydrogen-bond donors (Lipinski definition) is 0. The predicted octanol–water partition coefficient (Wildman–Crippen LogP) is 2.55. The number of aryl methyl sites for hydroxylation is 1. The molecule has 5 rings (SSSR count). The van der Waals surface area contributed by atoms with Gasteiger partial charge in [-0.05, 0) is 44.9 Å². The summed E-state index contributed by atoms with van der Waals surface area (Å²) in [5.41, 5.74) is 2.57. The number of nitrogens with zero attached hydrogens (tertiary/aromatic N) is 7. The number of carbonyl (C=O) groups excluding carboxylic acids is 2. The molecule has 11 nitrogen and oxygen atoms in total. The van der Waals surface area contributed by atoms with Crippen LogP contribution in [0.15, 0.2) is 58.7 Å². The Hall–Kier alpha value is -3.93. The highest BCUT2D eigenvalue weighted by Gasteiger charge is 2.32. The number of hydrogen-bond acceptors (Lipinski definition) is 10. The van der Waals surface area contributed by atoms with E-state index in [0.29, 0.717) is 62.4 Å². The Balaban J connectivity index is 1.35. The standard InChI is InChI=1S/C29H35N7O4S/c1-3-40-28(39)22-8-7-13-35(19-22)26-24(18-31-36(27(26)38)23-9-5-4-6-10-23)33-14-16-34(17-15-33)25(37)20-41-29-30-12-11-21(2)32-29/h4-6,9-12,18,22H,3,7-8,13-17,19-20H2,1-2H3. The van der Waals surface area contributed by atoms with Crippen molar-refractivity contribution in [1.82, 2.24) is 24.6 Å². The molecule has 2 aliphatic heterocycles. The van der Waals surface area contributed by atoms with E-state index < -0.39 is 0 Å². The number of para-hydroxylation sites is 1. The molecule has 0 radical (unpaired) electrons. The van der Waals surface area contributed by atoms with Gasteiger partial charge < -0.3 is 19.4 Å². The van der Waals surface area contributed by atoms with E-state index in [9.17, 15) is 14.4 Å². The van der Waals surface area contributed by atoms with Crippen LogP contribution in [0.25, 0.3) is 5.69 Å². The topological polar surface area (TPSA) is 114 Å². The summed E-state index contributed by atoms with van der Waals surface area (Å²) in [7, 11) is 0. The van der Waals surface area contributed by atoms with E-state index >= 15 is 0 Å². The van der Waals surface area contributed by atoms with Crippen LogP contribution in [0.4, 0.5) is 11.4 Å². The number of amides is 1. The third-order valence-corrected chi connectivity index (χ3v) is 8.21. The first-order valence-electron chi connectivity index (χ1n) is 14.0. The molecule has 2 saturated heterocycles. The Bertz CT molecular complexity index is 1430. The molecule has 0 bridgehead atoms. The Morgan fingerprint density at radius 2 is 1.83 bits per heavy atom. The average molecular weight is 578 g/mol. The van der Waals surface area contributed by atoms with Crippen molar-refractivity contribution in [3.63, 3.8) is 0 Å². The summed E-state index contributed by atoms with van der Waals surface area (Å²) in [4.78, 5) is 54.1. The molecular weight excluding hydrogens is 542 g/mol. The van der Waals surface area contributed by atoms with Crippen LogP contribution in [-0.2, 0) is 14.3 Å². The van der Waals surface area contributed by atoms with Gasteiger partial charge in [-0.1, -0.05) is 30.0 Å². The predicted molar refractivity (Wildman–Crippen MR) is 158 cm³/mol. The van der Waals surface area contributed by atoms with Crippen LogP contribution in [0, 0.1) is 12.8 Å². The van der Waals surface area contributed by atoms with Gasteiger partial charge in [0.05, 0.1) is 35.8 Å². The van der Waals surface area contributed by atoms with Crippen LogP contribution in [0.1, 0.15) is 25.5 Å². The van der Waals surface area contributed by atoms with Crippen LogP contribution in [0.2, 0.25) is 0 Å². The molecule has 0 saturated carbocycles. The Morgan fingerprint density at radius 1 is 1.05 bits per heavy atom. The summed E-state index contributed by atoms with van der Waals surface area (Å²) in [5.74, 6) is -0.214. The summed E-state index contributed by atoms with van der Waals surface area (Å²) < 4.78 is 6.72. The van der Waals surface area contributed by atoms with E-state index in [2.05, 4.69) is 20.0 Å². The monoisotopic (exact) mass is 577 g/mol. The fourth-order valence-corrected chi connectivity index (χ4v) is 6.04. The number of piperazine rings is 1. The molecule has 2 fully saturated rings. The highest BCUT2D eigenvalue weighted by molar-refractivity contribution is 7.99. The van der Waals surface area contributed by atoms with Gasteiger partial charge in [-0.25, -0.2) is 9.97 Å². The largest absolute Gasteiger partial charge is 0.466 e. The molecule has 1 atom stereocenters. The third kappa shape index (κ3) is 6.70. The fraction of sp³-hybridized carbons (Fsp3) is 0.448. The van der Waals surface area contributed by atoms with E-state index in [1.807, 2.05) is 53.1 Å². The Kier molecular flexibility index (Phi) is 9.17. The number of aromatic nitrogens is 4. The van der Waals surface area contributed by atoms with Crippen LogP contribution in [0.3, 0.4) is 0 Å². The van der Waals surface area contributed by atoms with Crippen molar-refractivity contribution in [2.75, 3.05) is 61.4 Å². The summed E-state index contributed by atoms with van der Waals surface area (Å²) in [6.45, 7) is 7.29. The van der Waals surface area contributed by atoms with Crippen LogP contribution >= 0.6 is 11.8 Å². The number of ether oxygens (including phenoxy) is 1. The highest BCUT2D eigenvalue weighted by Crippen LogP contribution is 2.31. The first-order valence-corrected chi connectivity index (χ1v) is 15.0. The molecule has 4 heterocycles.